The van der Waals surface area contributed by atoms with Gasteiger partial charge in [0.05, 0.1) is 11.1 Å². The SMILES string of the molecule is Cc1ccc2c(c1)c(=O)c(C(=O)c1ccncc1)cn2CC(=O)NCc1ccc(Cl)cc1. The Bertz CT molecular complexity index is 1360. The van der Waals surface area contributed by atoms with Crippen molar-refractivity contribution in [1.29, 1.82) is 0 Å². The fourth-order valence-corrected chi connectivity index (χ4v) is 3.60. The fourth-order valence-electron chi connectivity index (χ4n) is 3.48. The van der Waals surface area contributed by atoms with Gasteiger partial charge in [-0.1, -0.05) is 35.4 Å². The molecule has 0 saturated carbocycles. The summed E-state index contributed by atoms with van der Waals surface area (Å²) in [5.41, 5.74) is 2.41. The molecule has 6 nitrogen and oxygen atoms in total. The number of pyridine rings is 2. The van der Waals surface area contributed by atoms with Crippen LogP contribution in [0.15, 0.2) is 78.0 Å². The Morgan fingerprint density at radius 1 is 1.03 bits per heavy atom. The summed E-state index contributed by atoms with van der Waals surface area (Å²) in [5, 5.41) is 3.89. The number of hydrogen-bond donors (Lipinski definition) is 1. The largest absolute Gasteiger partial charge is 0.350 e. The number of aryl methyl sites for hydroxylation is 1. The molecule has 2 aromatic carbocycles. The lowest BCUT2D eigenvalue weighted by Gasteiger charge is -2.14. The van der Waals surface area contributed by atoms with Crippen LogP contribution in [0.2, 0.25) is 5.02 Å². The quantitative estimate of drug-likeness (QED) is 0.456. The van der Waals surface area contributed by atoms with E-state index in [1.807, 2.05) is 25.1 Å². The molecule has 0 spiro atoms. The van der Waals surface area contributed by atoms with E-state index in [1.54, 1.807) is 41.0 Å². The Balaban J connectivity index is 1.67. The normalized spacial score (nSPS) is 10.8. The second-order valence-corrected chi connectivity index (χ2v) is 7.93. The van der Waals surface area contributed by atoms with Crippen molar-refractivity contribution in [2.45, 2.75) is 20.0 Å². The van der Waals surface area contributed by atoms with Gasteiger partial charge >= 0.3 is 0 Å². The van der Waals surface area contributed by atoms with Crippen LogP contribution in [-0.2, 0) is 17.9 Å². The fraction of sp³-hybridized carbons (Fsp3) is 0.120. The van der Waals surface area contributed by atoms with E-state index >= 15 is 0 Å². The maximum absolute atomic E-state index is 13.1. The molecule has 2 heterocycles. The number of halogens is 1. The van der Waals surface area contributed by atoms with Gasteiger partial charge in [0.15, 0.2) is 5.78 Å². The Morgan fingerprint density at radius 3 is 2.47 bits per heavy atom. The van der Waals surface area contributed by atoms with Gasteiger partial charge in [0.1, 0.15) is 6.54 Å². The van der Waals surface area contributed by atoms with Crippen LogP contribution in [-0.4, -0.2) is 21.2 Å². The molecule has 7 heteroatoms. The number of nitrogens with one attached hydrogen (secondary N) is 1. The summed E-state index contributed by atoms with van der Waals surface area (Å²) in [6.07, 6.45) is 4.47. The lowest BCUT2D eigenvalue weighted by molar-refractivity contribution is -0.121. The molecule has 0 radical (unpaired) electrons. The van der Waals surface area contributed by atoms with E-state index in [9.17, 15) is 14.4 Å². The van der Waals surface area contributed by atoms with Gasteiger partial charge in [-0.05, 0) is 48.9 Å². The predicted molar refractivity (Wildman–Crippen MR) is 124 cm³/mol. The van der Waals surface area contributed by atoms with Crippen LogP contribution in [0.5, 0.6) is 0 Å². The molecule has 4 aromatic rings. The molecule has 2 aromatic heterocycles. The van der Waals surface area contributed by atoms with E-state index in [0.717, 1.165) is 11.1 Å². The molecular formula is C25H20ClN3O3. The Morgan fingerprint density at radius 2 is 1.75 bits per heavy atom. The summed E-state index contributed by atoms with van der Waals surface area (Å²) >= 11 is 5.90. The Labute approximate surface area is 189 Å². The minimum Gasteiger partial charge on any atom is -0.350 e. The molecular weight excluding hydrogens is 426 g/mol. The molecule has 160 valence electrons. The molecule has 0 unspecified atom stereocenters. The molecule has 0 bridgehead atoms. The molecule has 4 rings (SSSR count). The van der Waals surface area contributed by atoms with Crippen LogP contribution in [0.3, 0.4) is 0 Å². The second kappa shape index (κ2) is 9.16. The third-order valence-corrected chi connectivity index (χ3v) is 5.39. The topological polar surface area (TPSA) is 81.1 Å². The van der Waals surface area contributed by atoms with Crippen molar-refractivity contribution in [2.75, 3.05) is 0 Å². The first-order valence-corrected chi connectivity index (χ1v) is 10.4. The minimum absolute atomic E-state index is 0.0137. The summed E-state index contributed by atoms with van der Waals surface area (Å²) in [7, 11) is 0. The number of nitrogens with zero attached hydrogens (tertiary/aromatic N) is 2. The van der Waals surface area contributed by atoms with Crippen LogP contribution in [0.1, 0.15) is 27.0 Å². The number of benzene rings is 2. The zero-order valence-corrected chi connectivity index (χ0v) is 18.1. The third-order valence-electron chi connectivity index (χ3n) is 5.14. The van der Waals surface area contributed by atoms with Crippen molar-refractivity contribution in [2.24, 2.45) is 0 Å². The van der Waals surface area contributed by atoms with Gasteiger partial charge in [-0.3, -0.25) is 19.4 Å². The first-order valence-electron chi connectivity index (χ1n) is 10.0. The number of carbonyl (C=O) groups is 2. The number of carbonyl (C=O) groups excluding carboxylic acids is 2. The first-order chi connectivity index (χ1) is 15.4. The molecule has 0 aliphatic rings. The number of rotatable bonds is 6. The molecule has 0 aliphatic carbocycles. The highest BCUT2D eigenvalue weighted by Gasteiger charge is 2.18. The maximum atomic E-state index is 13.1. The number of hydrogen-bond acceptors (Lipinski definition) is 4. The summed E-state index contributed by atoms with van der Waals surface area (Å²) in [5.74, 6) is -0.649. The molecule has 0 aliphatic heterocycles. The second-order valence-electron chi connectivity index (χ2n) is 7.49. The lowest BCUT2D eigenvalue weighted by Crippen LogP contribution is -2.29. The van der Waals surface area contributed by atoms with Crippen LogP contribution < -0.4 is 10.7 Å². The average molecular weight is 446 g/mol. The summed E-state index contributed by atoms with van der Waals surface area (Å²) < 4.78 is 1.64. The third kappa shape index (κ3) is 4.60. The van der Waals surface area contributed by atoms with Gasteiger partial charge in [-0.2, -0.15) is 0 Å². The van der Waals surface area contributed by atoms with Crippen LogP contribution in [0.4, 0.5) is 0 Å². The van der Waals surface area contributed by atoms with Crippen molar-refractivity contribution in [3.05, 3.63) is 111 Å². The molecule has 0 atom stereocenters. The maximum Gasteiger partial charge on any atom is 0.240 e. The Hall–Kier alpha value is -3.77. The van der Waals surface area contributed by atoms with Gasteiger partial charge in [0.25, 0.3) is 0 Å². The molecule has 1 N–H and O–H groups in total. The monoisotopic (exact) mass is 445 g/mol. The van der Waals surface area contributed by atoms with E-state index in [0.29, 0.717) is 28.0 Å². The van der Waals surface area contributed by atoms with Gasteiger partial charge in [0.2, 0.25) is 11.3 Å². The van der Waals surface area contributed by atoms with Crippen molar-refractivity contribution >= 4 is 34.2 Å². The van der Waals surface area contributed by atoms with E-state index in [1.165, 1.54) is 18.6 Å². The summed E-state index contributed by atoms with van der Waals surface area (Å²) in [4.78, 5) is 42.7. The number of aromatic nitrogens is 2. The smallest absolute Gasteiger partial charge is 0.240 e. The molecule has 0 fully saturated rings. The predicted octanol–water partition coefficient (Wildman–Crippen LogP) is 3.91. The minimum atomic E-state index is -0.406. The summed E-state index contributed by atoms with van der Waals surface area (Å²) in [6.45, 7) is 2.18. The van der Waals surface area contributed by atoms with E-state index < -0.39 is 5.78 Å². The molecule has 0 saturated heterocycles. The number of fused-ring (bicyclic) bond motifs is 1. The summed E-state index contributed by atoms with van der Waals surface area (Å²) in [6, 6.07) is 15.7. The van der Waals surface area contributed by atoms with Crippen molar-refractivity contribution in [3.63, 3.8) is 0 Å². The molecule has 32 heavy (non-hydrogen) atoms. The lowest BCUT2D eigenvalue weighted by atomic mass is 10.0. The van der Waals surface area contributed by atoms with Gasteiger partial charge in [0, 0.05) is 41.1 Å². The highest BCUT2D eigenvalue weighted by molar-refractivity contribution is 6.30. The Kier molecular flexibility index (Phi) is 6.14. The average Bonchev–Trinajstić information content (AvgIpc) is 2.80. The van der Waals surface area contributed by atoms with Crippen molar-refractivity contribution in [3.8, 4) is 0 Å². The molecule has 1 amide bonds. The van der Waals surface area contributed by atoms with E-state index in [2.05, 4.69) is 10.3 Å². The zero-order valence-electron chi connectivity index (χ0n) is 17.3. The van der Waals surface area contributed by atoms with Gasteiger partial charge in [-0.25, -0.2) is 0 Å². The van der Waals surface area contributed by atoms with E-state index in [-0.39, 0.29) is 23.4 Å². The van der Waals surface area contributed by atoms with Gasteiger partial charge in [-0.15, -0.1) is 0 Å². The first kappa shape index (κ1) is 21.5. The zero-order chi connectivity index (χ0) is 22.7. The van der Waals surface area contributed by atoms with Crippen LogP contribution >= 0.6 is 11.6 Å². The van der Waals surface area contributed by atoms with Crippen molar-refractivity contribution in [1.82, 2.24) is 14.9 Å². The van der Waals surface area contributed by atoms with E-state index in [4.69, 9.17) is 11.6 Å². The van der Waals surface area contributed by atoms with Gasteiger partial charge < -0.3 is 9.88 Å². The van der Waals surface area contributed by atoms with Crippen LogP contribution in [0, 0.1) is 6.92 Å². The van der Waals surface area contributed by atoms with Crippen LogP contribution in [0.25, 0.3) is 10.9 Å². The highest BCUT2D eigenvalue weighted by atomic mass is 35.5. The number of amides is 1. The van der Waals surface area contributed by atoms with Crippen molar-refractivity contribution < 1.29 is 9.59 Å². The standard InChI is InChI=1S/C25H20ClN3O3/c1-16-2-7-22-20(12-16)25(32)21(24(31)18-8-10-27-11-9-18)14-29(22)15-23(30)28-13-17-3-5-19(26)6-4-17/h2-12,14H,13,15H2,1H3,(H,28,30). The highest BCUT2D eigenvalue weighted by Crippen LogP contribution is 2.16. The number of ketones is 1.